The van der Waals surface area contributed by atoms with Crippen molar-refractivity contribution in [2.45, 2.75) is 0 Å². The van der Waals surface area contributed by atoms with Gasteiger partial charge in [-0.15, -0.1) is 11.3 Å². The van der Waals surface area contributed by atoms with Gasteiger partial charge in [0.25, 0.3) is 11.8 Å². The molecule has 2 aromatic heterocycles. The number of benzene rings is 1. The average Bonchev–Trinajstić information content (AvgIpc) is 3.39. The van der Waals surface area contributed by atoms with Crippen LogP contribution >= 0.6 is 11.3 Å². The monoisotopic (exact) mass is 403 g/mol. The lowest BCUT2D eigenvalue weighted by Gasteiger charge is -2.14. The molecule has 28 heavy (non-hydrogen) atoms. The van der Waals surface area contributed by atoms with Gasteiger partial charge in [0, 0.05) is 17.8 Å². The van der Waals surface area contributed by atoms with Gasteiger partial charge in [-0.05, 0) is 11.4 Å². The Morgan fingerprint density at radius 1 is 1.04 bits per heavy atom. The van der Waals surface area contributed by atoms with Crippen molar-refractivity contribution in [3.8, 4) is 17.2 Å². The lowest BCUT2D eigenvalue weighted by molar-refractivity contribution is 0.101. The summed E-state index contributed by atoms with van der Waals surface area (Å²) in [6.07, 6.45) is 1.15. The van der Waals surface area contributed by atoms with Crippen molar-refractivity contribution in [3.05, 3.63) is 46.5 Å². The molecule has 1 aromatic carbocycles. The number of hydrogen-bond donors (Lipinski definition) is 2. The van der Waals surface area contributed by atoms with E-state index >= 15 is 0 Å². The quantitative estimate of drug-likeness (QED) is 0.623. The lowest BCUT2D eigenvalue weighted by Crippen LogP contribution is -2.14. The normalized spacial score (nSPS) is 10.2. The first-order valence-corrected chi connectivity index (χ1v) is 8.85. The molecule has 0 radical (unpaired) electrons. The van der Waals surface area contributed by atoms with Crippen LogP contribution in [0, 0.1) is 0 Å². The third kappa shape index (κ3) is 4.07. The van der Waals surface area contributed by atoms with E-state index in [9.17, 15) is 9.59 Å². The number of nitrogens with one attached hydrogen (secondary N) is 2. The van der Waals surface area contributed by atoms with E-state index in [-0.39, 0.29) is 17.6 Å². The van der Waals surface area contributed by atoms with Crippen LogP contribution in [0.4, 0.5) is 11.7 Å². The average molecular weight is 403 g/mol. The molecule has 146 valence electrons. The molecule has 2 N–H and O–H groups in total. The molecule has 3 rings (SSSR count). The number of oxazole rings is 1. The molecule has 0 unspecified atom stereocenters. The zero-order valence-corrected chi connectivity index (χ0v) is 16.1. The summed E-state index contributed by atoms with van der Waals surface area (Å²) in [4.78, 5) is 28.9. The third-order valence-electron chi connectivity index (χ3n) is 3.62. The van der Waals surface area contributed by atoms with Crippen LogP contribution in [0.2, 0.25) is 0 Å². The summed E-state index contributed by atoms with van der Waals surface area (Å²) < 4.78 is 20.9. The summed E-state index contributed by atoms with van der Waals surface area (Å²) in [6.45, 7) is 0. The molecule has 0 aliphatic rings. The summed E-state index contributed by atoms with van der Waals surface area (Å²) in [5.41, 5.74) is 0.405. The van der Waals surface area contributed by atoms with E-state index in [0.717, 1.165) is 6.26 Å². The number of methoxy groups -OCH3 is 3. The van der Waals surface area contributed by atoms with Gasteiger partial charge in [-0.2, -0.15) is 4.98 Å². The summed E-state index contributed by atoms with van der Waals surface area (Å²) in [7, 11) is 4.44. The molecule has 9 nitrogen and oxygen atoms in total. The molecule has 0 atom stereocenters. The van der Waals surface area contributed by atoms with E-state index in [0.29, 0.717) is 27.8 Å². The van der Waals surface area contributed by atoms with Crippen LogP contribution < -0.4 is 24.8 Å². The van der Waals surface area contributed by atoms with Gasteiger partial charge in [0.15, 0.2) is 17.2 Å². The van der Waals surface area contributed by atoms with Crippen molar-refractivity contribution in [2.24, 2.45) is 0 Å². The molecule has 0 saturated heterocycles. The fourth-order valence-electron chi connectivity index (χ4n) is 2.35. The SMILES string of the molecule is COc1cc(NC(=O)c2coc(NC(=O)c3cccs3)n2)cc(OC)c1OC. The highest BCUT2D eigenvalue weighted by Crippen LogP contribution is 2.40. The molecule has 2 heterocycles. The highest BCUT2D eigenvalue weighted by atomic mass is 32.1. The Morgan fingerprint density at radius 3 is 2.32 bits per heavy atom. The van der Waals surface area contributed by atoms with Crippen molar-refractivity contribution in [1.29, 1.82) is 0 Å². The maximum Gasteiger partial charge on any atom is 0.302 e. The van der Waals surface area contributed by atoms with Crippen LogP contribution in [0.5, 0.6) is 17.2 Å². The number of nitrogens with zero attached hydrogens (tertiary/aromatic N) is 1. The van der Waals surface area contributed by atoms with E-state index in [1.165, 1.54) is 32.7 Å². The van der Waals surface area contributed by atoms with E-state index in [2.05, 4.69) is 15.6 Å². The Hall–Kier alpha value is -3.53. The number of hydrogen-bond acceptors (Lipinski definition) is 8. The van der Waals surface area contributed by atoms with Crippen LogP contribution in [0.1, 0.15) is 20.2 Å². The van der Waals surface area contributed by atoms with Crippen LogP contribution in [0.25, 0.3) is 0 Å². The van der Waals surface area contributed by atoms with E-state index in [1.54, 1.807) is 29.6 Å². The molecular formula is C18H17N3O6S. The van der Waals surface area contributed by atoms with Crippen molar-refractivity contribution >= 4 is 34.9 Å². The Morgan fingerprint density at radius 2 is 1.75 bits per heavy atom. The summed E-state index contributed by atoms with van der Waals surface area (Å²) >= 11 is 1.28. The number of carbonyl (C=O) groups is 2. The standard InChI is InChI=1S/C18H17N3O6S/c1-24-12-7-10(8-13(25-2)15(12)26-3)19-16(22)11-9-27-18(20-11)21-17(23)14-5-4-6-28-14/h4-9H,1-3H3,(H,19,22)(H,20,21,23). The van der Waals surface area contributed by atoms with Gasteiger partial charge in [0.05, 0.1) is 26.2 Å². The summed E-state index contributed by atoms with van der Waals surface area (Å²) in [6, 6.07) is 6.51. The molecule has 0 aliphatic carbocycles. The van der Waals surface area contributed by atoms with Gasteiger partial charge in [-0.25, -0.2) is 0 Å². The number of thiophene rings is 1. The minimum Gasteiger partial charge on any atom is -0.493 e. The van der Waals surface area contributed by atoms with Crippen LogP contribution in [-0.2, 0) is 0 Å². The predicted molar refractivity (Wildman–Crippen MR) is 103 cm³/mol. The van der Waals surface area contributed by atoms with Gasteiger partial charge in [-0.1, -0.05) is 6.07 Å². The number of anilines is 2. The largest absolute Gasteiger partial charge is 0.493 e. The second-order valence-electron chi connectivity index (χ2n) is 5.34. The minimum atomic E-state index is -0.533. The second kappa shape index (κ2) is 8.44. The maximum absolute atomic E-state index is 12.4. The zero-order valence-electron chi connectivity index (χ0n) is 15.3. The lowest BCUT2D eigenvalue weighted by atomic mass is 10.2. The van der Waals surface area contributed by atoms with Gasteiger partial charge in [-0.3, -0.25) is 14.9 Å². The van der Waals surface area contributed by atoms with E-state index < -0.39 is 5.91 Å². The molecule has 10 heteroatoms. The molecule has 3 aromatic rings. The second-order valence-corrected chi connectivity index (χ2v) is 6.29. The topological polar surface area (TPSA) is 112 Å². The number of rotatable bonds is 7. The smallest absolute Gasteiger partial charge is 0.302 e. The highest BCUT2D eigenvalue weighted by molar-refractivity contribution is 7.12. The van der Waals surface area contributed by atoms with Gasteiger partial charge in [0.1, 0.15) is 6.26 Å². The molecule has 0 aliphatic heterocycles. The summed E-state index contributed by atoms with van der Waals surface area (Å²) in [5, 5.41) is 6.94. The van der Waals surface area contributed by atoms with Crippen LogP contribution in [0.15, 0.2) is 40.3 Å². The maximum atomic E-state index is 12.4. The van der Waals surface area contributed by atoms with Crippen molar-refractivity contribution in [3.63, 3.8) is 0 Å². The molecule has 0 spiro atoms. The molecule has 0 fully saturated rings. The Balaban J connectivity index is 1.73. The number of amides is 2. The predicted octanol–water partition coefficient (Wildman–Crippen LogP) is 3.27. The number of ether oxygens (including phenoxy) is 3. The van der Waals surface area contributed by atoms with Gasteiger partial charge < -0.3 is 23.9 Å². The Labute approximate surface area is 164 Å². The van der Waals surface area contributed by atoms with Crippen molar-refractivity contribution in [1.82, 2.24) is 4.98 Å². The van der Waals surface area contributed by atoms with Gasteiger partial charge >= 0.3 is 6.01 Å². The third-order valence-corrected chi connectivity index (χ3v) is 4.49. The molecule has 0 bridgehead atoms. The Bertz CT molecular complexity index is 958. The minimum absolute atomic E-state index is 0.00442. The Kier molecular flexibility index (Phi) is 5.80. The fraction of sp³-hybridized carbons (Fsp3) is 0.167. The fourth-order valence-corrected chi connectivity index (χ4v) is 2.97. The number of aromatic nitrogens is 1. The summed E-state index contributed by atoms with van der Waals surface area (Å²) in [5.74, 6) is 0.286. The van der Waals surface area contributed by atoms with Crippen LogP contribution in [-0.4, -0.2) is 38.1 Å². The molecular weight excluding hydrogens is 386 g/mol. The first kappa shape index (κ1) is 19.2. The van der Waals surface area contributed by atoms with Gasteiger partial charge in [0.2, 0.25) is 5.75 Å². The van der Waals surface area contributed by atoms with E-state index in [4.69, 9.17) is 18.6 Å². The first-order chi connectivity index (χ1) is 13.5. The van der Waals surface area contributed by atoms with Crippen molar-refractivity contribution < 1.29 is 28.2 Å². The van der Waals surface area contributed by atoms with Crippen LogP contribution in [0.3, 0.4) is 0 Å². The molecule has 2 amide bonds. The van der Waals surface area contributed by atoms with E-state index in [1.807, 2.05) is 0 Å². The first-order valence-electron chi connectivity index (χ1n) is 7.97. The number of carbonyl (C=O) groups excluding carboxylic acids is 2. The zero-order chi connectivity index (χ0) is 20.1. The highest BCUT2D eigenvalue weighted by Gasteiger charge is 2.18. The van der Waals surface area contributed by atoms with Crippen molar-refractivity contribution in [2.75, 3.05) is 32.0 Å². The molecule has 0 saturated carbocycles.